The number of ether oxygens (including phenoxy) is 1. The van der Waals surface area contributed by atoms with Gasteiger partial charge in [-0.3, -0.25) is 9.59 Å². The molecule has 6 heteroatoms. The second kappa shape index (κ2) is 8.30. The Kier molecular flexibility index (Phi) is 6.14. The number of carbonyl (C=O) groups is 2. The molecule has 0 saturated heterocycles. The zero-order chi connectivity index (χ0) is 18.4. The highest BCUT2D eigenvalue weighted by molar-refractivity contribution is 5.95. The van der Waals surface area contributed by atoms with Crippen LogP contribution in [0.25, 0.3) is 0 Å². The molecule has 0 aliphatic rings. The van der Waals surface area contributed by atoms with Crippen LogP contribution < -0.4 is 21.1 Å². The van der Waals surface area contributed by atoms with Gasteiger partial charge in [-0.25, -0.2) is 0 Å². The van der Waals surface area contributed by atoms with Crippen molar-refractivity contribution in [3.63, 3.8) is 0 Å². The van der Waals surface area contributed by atoms with E-state index in [4.69, 9.17) is 10.5 Å². The zero-order valence-corrected chi connectivity index (χ0v) is 14.7. The molecule has 6 nitrogen and oxygen atoms in total. The first-order valence-electron chi connectivity index (χ1n) is 7.99. The van der Waals surface area contributed by atoms with Crippen molar-refractivity contribution in [2.45, 2.75) is 20.8 Å². The summed E-state index contributed by atoms with van der Waals surface area (Å²) in [5.74, 6) is 0.126. The fourth-order valence-electron chi connectivity index (χ4n) is 2.24. The summed E-state index contributed by atoms with van der Waals surface area (Å²) < 4.78 is 5.61. The van der Waals surface area contributed by atoms with Crippen LogP contribution in [0.1, 0.15) is 16.7 Å². The number of nitrogens with one attached hydrogen (secondary N) is 2. The van der Waals surface area contributed by atoms with Gasteiger partial charge in [0, 0.05) is 11.4 Å². The molecule has 0 atom stereocenters. The Morgan fingerprint density at radius 1 is 0.960 bits per heavy atom. The summed E-state index contributed by atoms with van der Waals surface area (Å²) in [4.78, 5) is 23.6. The Morgan fingerprint density at radius 2 is 1.68 bits per heavy atom. The third-order valence-electron chi connectivity index (χ3n) is 3.68. The van der Waals surface area contributed by atoms with Crippen LogP contribution in [0.5, 0.6) is 5.75 Å². The molecule has 0 radical (unpaired) electrons. The molecular weight excluding hydrogens is 318 g/mol. The highest BCUT2D eigenvalue weighted by atomic mass is 16.5. The van der Waals surface area contributed by atoms with Crippen molar-refractivity contribution in [2.24, 2.45) is 5.73 Å². The average molecular weight is 341 g/mol. The van der Waals surface area contributed by atoms with E-state index in [0.717, 1.165) is 16.7 Å². The normalized spacial score (nSPS) is 10.2. The molecule has 2 amide bonds. The molecule has 0 saturated carbocycles. The summed E-state index contributed by atoms with van der Waals surface area (Å²) in [5.41, 5.74) is 9.40. The first kappa shape index (κ1) is 18.5. The van der Waals surface area contributed by atoms with Crippen molar-refractivity contribution in [1.82, 2.24) is 0 Å². The van der Waals surface area contributed by atoms with Crippen LogP contribution in [0.3, 0.4) is 0 Å². The summed E-state index contributed by atoms with van der Waals surface area (Å²) in [6.07, 6.45) is 0. The lowest BCUT2D eigenvalue weighted by atomic mass is 10.1. The number of amides is 2. The lowest BCUT2D eigenvalue weighted by Gasteiger charge is -2.13. The maximum Gasteiger partial charge on any atom is 0.262 e. The summed E-state index contributed by atoms with van der Waals surface area (Å²) in [7, 11) is 0. The van der Waals surface area contributed by atoms with Crippen LogP contribution >= 0.6 is 0 Å². The van der Waals surface area contributed by atoms with Crippen LogP contribution in [-0.2, 0) is 9.59 Å². The minimum absolute atomic E-state index is 0.0941. The van der Waals surface area contributed by atoms with E-state index in [-0.39, 0.29) is 25.0 Å². The molecule has 0 heterocycles. The highest BCUT2D eigenvalue weighted by Gasteiger charge is 2.09. The first-order chi connectivity index (χ1) is 11.9. The fourth-order valence-corrected chi connectivity index (χ4v) is 2.24. The van der Waals surface area contributed by atoms with Gasteiger partial charge in [-0.15, -0.1) is 0 Å². The fraction of sp³-hybridized carbons (Fsp3) is 0.263. The van der Waals surface area contributed by atoms with Crippen molar-refractivity contribution in [3.05, 3.63) is 53.1 Å². The van der Waals surface area contributed by atoms with E-state index < -0.39 is 0 Å². The number of nitrogens with two attached hydrogens (primary N) is 1. The van der Waals surface area contributed by atoms with Gasteiger partial charge in [0.15, 0.2) is 6.61 Å². The van der Waals surface area contributed by atoms with Gasteiger partial charge in [0.1, 0.15) is 5.75 Å². The lowest BCUT2D eigenvalue weighted by Crippen LogP contribution is -2.23. The van der Waals surface area contributed by atoms with E-state index in [1.807, 2.05) is 45.0 Å². The molecule has 0 fully saturated rings. The van der Waals surface area contributed by atoms with Gasteiger partial charge in [0.2, 0.25) is 5.91 Å². The van der Waals surface area contributed by atoms with E-state index >= 15 is 0 Å². The van der Waals surface area contributed by atoms with E-state index in [2.05, 4.69) is 10.6 Å². The van der Waals surface area contributed by atoms with Crippen molar-refractivity contribution in [2.75, 3.05) is 23.8 Å². The maximum absolute atomic E-state index is 12.2. The van der Waals surface area contributed by atoms with Crippen LogP contribution in [0.4, 0.5) is 11.4 Å². The molecule has 2 rings (SSSR count). The summed E-state index contributed by atoms with van der Waals surface area (Å²) in [6.45, 7) is 5.58. The van der Waals surface area contributed by atoms with Gasteiger partial charge < -0.3 is 21.1 Å². The minimum Gasteiger partial charge on any atom is -0.483 e. The van der Waals surface area contributed by atoms with Crippen LogP contribution in [0.15, 0.2) is 36.4 Å². The maximum atomic E-state index is 12.2. The molecule has 25 heavy (non-hydrogen) atoms. The second-order valence-electron chi connectivity index (χ2n) is 5.89. The number of carbonyl (C=O) groups excluding carboxylic acids is 2. The molecule has 2 aromatic carbocycles. The van der Waals surface area contributed by atoms with Gasteiger partial charge >= 0.3 is 0 Å². The lowest BCUT2D eigenvalue weighted by molar-refractivity contribution is -0.118. The van der Waals surface area contributed by atoms with Gasteiger partial charge in [-0.05, 0) is 55.7 Å². The quantitative estimate of drug-likeness (QED) is 0.752. The largest absolute Gasteiger partial charge is 0.483 e. The molecule has 0 bridgehead atoms. The Balaban J connectivity index is 2.01. The molecule has 0 aliphatic carbocycles. The average Bonchev–Trinajstić information content (AvgIpc) is 2.58. The topological polar surface area (TPSA) is 93.5 Å². The number of rotatable bonds is 6. The first-order valence-corrected chi connectivity index (χ1v) is 7.99. The summed E-state index contributed by atoms with van der Waals surface area (Å²) in [5, 5.41) is 5.46. The van der Waals surface area contributed by atoms with Gasteiger partial charge in [0.05, 0.1) is 6.54 Å². The molecule has 0 unspecified atom stereocenters. The van der Waals surface area contributed by atoms with Gasteiger partial charge in [-0.2, -0.15) is 0 Å². The minimum atomic E-state index is -0.292. The van der Waals surface area contributed by atoms with Gasteiger partial charge in [0.25, 0.3) is 5.91 Å². The molecular formula is C19H23N3O3. The molecule has 2 aromatic rings. The van der Waals surface area contributed by atoms with E-state index in [1.165, 1.54) is 0 Å². The molecule has 132 valence electrons. The predicted molar refractivity (Wildman–Crippen MR) is 98.9 cm³/mol. The smallest absolute Gasteiger partial charge is 0.262 e. The standard InChI is InChI=1S/C19H23N3O3/c1-12-4-5-14(3)17(8-12)25-11-19(24)22-16-9-15(7-6-13(16)2)21-18(23)10-20/h4-9H,10-11,20H2,1-3H3,(H,21,23)(H,22,24). The third kappa shape index (κ3) is 5.32. The number of hydrogen-bond acceptors (Lipinski definition) is 4. The van der Waals surface area contributed by atoms with Crippen molar-refractivity contribution in [3.8, 4) is 5.75 Å². The molecule has 4 N–H and O–H groups in total. The van der Waals surface area contributed by atoms with Crippen LogP contribution in [0.2, 0.25) is 0 Å². The van der Waals surface area contributed by atoms with E-state index in [1.54, 1.807) is 12.1 Å². The number of hydrogen-bond donors (Lipinski definition) is 3. The molecule has 0 aliphatic heterocycles. The number of aryl methyl sites for hydroxylation is 3. The Hall–Kier alpha value is -2.86. The summed E-state index contributed by atoms with van der Waals surface area (Å²) in [6, 6.07) is 11.1. The highest BCUT2D eigenvalue weighted by Crippen LogP contribution is 2.21. The summed E-state index contributed by atoms with van der Waals surface area (Å²) >= 11 is 0. The third-order valence-corrected chi connectivity index (χ3v) is 3.68. The Labute approximate surface area is 147 Å². The van der Waals surface area contributed by atoms with E-state index in [9.17, 15) is 9.59 Å². The zero-order valence-electron chi connectivity index (χ0n) is 14.7. The van der Waals surface area contributed by atoms with Crippen LogP contribution in [-0.4, -0.2) is 25.0 Å². The van der Waals surface area contributed by atoms with Crippen LogP contribution in [0, 0.1) is 20.8 Å². The Bertz CT molecular complexity index is 787. The second-order valence-corrected chi connectivity index (χ2v) is 5.89. The Morgan fingerprint density at radius 3 is 2.40 bits per heavy atom. The van der Waals surface area contributed by atoms with Crippen molar-refractivity contribution >= 4 is 23.2 Å². The monoisotopic (exact) mass is 341 g/mol. The van der Waals surface area contributed by atoms with Gasteiger partial charge in [-0.1, -0.05) is 18.2 Å². The SMILES string of the molecule is Cc1ccc(C)c(OCC(=O)Nc2cc(NC(=O)CN)ccc2C)c1. The number of benzene rings is 2. The van der Waals surface area contributed by atoms with Crippen molar-refractivity contribution < 1.29 is 14.3 Å². The van der Waals surface area contributed by atoms with Crippen molar-refractivity contribution in [1.29, 1.82) is 0 Å². The molecule has 0 aromatic heterocycles. The molecule has 0 spiro atoms. The predicted octanol–water partition coefficient (Wildman–Crippen LogP) is 2.53. The van der Waals surface area contributed by atoms with E-state index in [0.29, 0.717) is 17.1 Å². The number of anilines is 2.